The molecule has 0 atom stereocenters. The van der Waals surface area contributed by atoms with Gasteiger partial charge in [-0.25, -0.2) is 4.39 Å². The average Bonchev–Trinajstić information content (AvgIpc) is 2.46. The lowest BCUT2D eigenvalue weighted by Crippen LogP contribution is -2.43. The third kappa shape index (κ3) is 5.01. The second-order valence-electron chi connectivity index (χ2n) is 5.51. The maximum atomic E-state index is 12.8. The molecule has 0 bridgehead atoms. The second kappa shape index (κ2) is 7.41. The fraction of sp³-hybridized carbons (Fsp3) is 0.562. The van der Waals surface area contributed by atoms with Crippen molar-refractivity contribution in [1.82, 2.24) is 4.90 Å². The van der Waals surface area contributed by atoms with Gasteiger partial charge in [-0.2, -0.15) is 0 Å². The van der Waals surface area contributed by atoms with Crippen LogP contribution in [0, 0.1) is 5.82 Å². The molecular formula is C16H22FNO3. The number of halogens is 1. The Morgan fingerprint density at radius 2 is 1.90 bits per heavy atom. The minimum atomic E-state index is -0.319. The highest BCUT2D eigenvalue weighted by Crippen LogP contribution is 2.16. The van der Waals surface area contributed by atoms with Gasteiger partial charge < -0.3 is 14.4 Å². The van der Waals surface area contributed by atoms with E-state index in [1.807, 2.05) is 13.8 Å². The van der Waals surface area contributed by atoms with E-state index >= 15 is 0 Å². The quantitative estimate of drug-likeness (QED) is 0.838. The zero-order chi connectivity index (χ0) is 15.2. The molecule has 1 aromatic carbocycles. The molecule has 1 aliphatic rings. The number of carbonyl (C=O) groups excluding carboxylic acids is 1. The van der Waals surface area contributed by atoms with Crippen molar-refractivity contribution in [2.24, 2.45) is 0 Å². The van der Waals surface area contributed by atoms with Crippen molar-refractivity contribution in [2.75, 3.05) is 19.7 Å². The first-order chi connectivity index (χ1) is 10.0. The largest absolute Gasteiger partial charge is 0.484 e. The van der Waals surface area contributed by atoms with Crippen LogP contribution < -0.4 is 4.74 Å². The fourth-order valence-corrected chi connectivity index (χ4v) is 2.39. The van der Waals surface area contributed by atoms with E-state index in [0.29, 0.717) is 18.8 Å². The molecule has 0 spiro atoms. The Balaban J connectivity index is 1.73. The van der Waals surface area contributed by atoms with Crippen LogP contribution in [0.2, 0.25) is 0 Å². The summed E-state index contributed by atoms with van der Waals surface area (Å²) in [6.07, 6.45) is 2.19. The standard InChI is InChI=1S/C16H22FNO3/c1-12(2)21-15-7-9-18(10-8-15)16(19)11-20-14-5-3-13(17)4-6-14/h3-6,12,15H,7-11H2,1-2H3. The molecule has 1 aliphatic heterocycles. The van der Waals surface area contributed by atoms with Crippen LogP contribution >= 0.6 is 0 Å². The molecule has 1 fully saturated rings. The molecule has 1 saturated heterocycles. The van der Waals surface area contributed by atoms with E-state index < -0.39 is 0 Å². The lowest BCUT2D eigenvalue weighted by Gasteiger charge is -2.32. The Hall–Kier alpha value is -1.62. The third-order valence-corrected chi connectivity index (χ3v) is 3.44. The summed E-state index contributed by atoms with van der Waals surface area (Å²) in [6.45, 7) is 5.43. The summed E-state index contributed by atoms with van der Waals surface area (Å²) in [6, 6.07) is 5.67. The summed E-state index contributed by atoms with van der Waals surface area (Å²) in [5.41, 5.74) is 0. The average molecular weight is 295 g/mol. The highest BCUT2D eigenvalue weighted by atomic mass is 19.1. The Kier molecular flexibility index (Phi) is 5.56. The predicted molar refractivity (Wildman–Crippen MR) is 77.7 cm³/mol. The fourth-order valence-electron chi connectivity index (χ4n) is 2.39. The van der Waals surface area contributed by atoms with Crippen molar-refractivity contribution < 1.29 is 18.7 Å². The normalized spacial score (nSPS) is 16.3. The maximum absolute atomic E-state index is 12.8. The molecular weight excluding hydrogens is 273 g/mol. The number of benzene rings is 1. The molecule has 1 aromatic rings. The molecule has 2 rings (SSSR count). The molecule has 0 saturated carbocycles. The van der Waals surface area contributed by atoms with E-state index in [0.717, 1.165) is 12.8 Å². The highest BCUT2D eigenvalue weighted by Gasteiger charge is 2.23. The number of hydrogen-bond acceptors (Lipinski definition) is 3. The molecule has 0 unspecified atom stereocenters. The molecule has 0 radical (unpaired) electrons. The number of rotatable bonds is 5. The van der Waals surface area contributed by atoms with E-state index in [-0.39, 0.29) is 30.5 Å². The Morgan fingerprint density at radius 1 is 1.29 bits per heavy atom. The van der Waals surface area contributed by atoms with E-state index in [1.165, 1.54) is 24.3 Å². The van der Waals surface area contributed by atoms with Crippen molar-refractivity contribution in [1.29, 1.82) is 0 Å². The van der Waals surface area contributed by atoms with Gasteiger partial charge in [-0.3, -0.25) is 4.79 Å². The molecule has 0 N–H and O–H groups in total. The summed E-state index contributed by atoms with van der Waals surface area (Å²) in [4.78, 5) is 13.8. The highest BCUT2D eigenvalue weighted by molar-refractivity contribution is 5.77. The van der Waals surface area contributed by atoms with Crippen molar-refractivity contribution in [3.8, 4) is 5.75 Å². The summed E-state index contributed by atoms with van der Waals surface area (Å²) >= 11 is 0. The van der Waals surface area contributed by atoms with Crippen LogP contribution in [-0.4, -0.2) is 42.7 Å². The van der Waals surface area contributed by atoms with Gasteiger partial charge in [0.05, 0.1) is 12.2 Å². The van der Waals surface area contributed by atoms with Gasteiger partial charge in [-0.15, -0.1) is 0 Å². The molecule has 0 aliphatic carbocycles. The van der Waals surface area contributed by atoms with Gasteiger partial charge >= 0.3 is 0 Å². The molecule has 1 amide bonds. The smallest absolute Gasteiger partial charge is 0.260 e. The van der Waals surface area contributed by atoms with Gasteiger partial charge in [0.1, 0.15) is 11.6 Å². The number of amides is 1. The van der Waals surface area contributed by atoms with Gasteiger partial charge in [-0.05, 0) is 51.0 Å². The second-order valence-corrected chi connectivity index (χ2v) is 5.51. The number of carbonyl (C=O) groups is 1. The van der Waals surface area contributed by atoms with Crippen molar-refractivity contribution in [2.45, 2.75) is 38.9 Å². The van der Waals surface area contributed by atoms with Crippen LogP contribution in [0.15, 0.2) is 24.3 Å². The van der Waals surface area contributed by atoms with E-state index in [2.05, 4.69) is 0 Å². The number of ether oxygens (including phenoxy) is 2. The topological polar surface area (TPSA) is 38.8 Å². The molecule has 5 heteroatoms. The van der Waals surface area contributed by atoms with E-state index in [4.69, 9.17) is 9.47 Å². The third-order valence-electron chi connectivity index (χ3n) is 3.44. The Morgan fingerprint density at radius 3 is 2.48 bits per heavy atom. The Bertz CT molecular complexity index is 453. The molecule has 116 valence electrons. The number of nitrogens with zero attached hydrogens (tertiary/aromatic N) is 1. The van der Waals surface area contributed by atoms with Gasteiger partial charge in [-0.1, -0.05) is 0 Å². The zero-order valence-corrected chi connectivity index (χ0v) is 12.5. The van der Waals surface area contributed by atoms with Crippen LogP contribution in [0.3, 0.4) is 0 Å². The van der Waals surface area contributed by atoms with Crippen molar-refractivity contribution in [3.63, 3.8) is 0 Å². The predicted octanol–water partition coefficient (Wildman–Crippen LogP) is 2.62. The maximum Gasteiger partial charge on any atom is 0.260 e. The van der Waals surface area contributed by atoms with E-state index in [1.54, 1.807) is 4.90 Å². The van der Waals surface area contributed by atoms with E-state index in [9.17, 15) is 9.18 Å². The lowest BCUT2D eigenvalue weighted by molar-refractivity contribution is -0.136. The Labute approximate surface area is 124 Å². The minimum absolute atomic E-state index is 0.0126. The van der Waals surface area contributed by atoms with Crippen LogP contribution in [0.5, 0.6) is 5.75 Å². The van der Waals surface area contributed by atoms with Crippen LogP contribution in [0.1, 0.15) is 26.7 Å². The first kappa shape index (κ1) is 15.8. The summed E-state index contributed by atoms with van der Waals surface area (Å²) in [7, 11) is 0. The monoisotopic (exact) mass is 295 g/mol. The SMILES string of the molecule is CC(C)OC1CCN(C(=O)COc2ccc(F)cc2)CC1. The van der Waals surface area contributed by atoms with Crippen LogP contribution in [0.25, 0.3) is 0 Å². The van der Waals surface area contributed by atoms with Crippen LogP contribution in [0.4, 0.5) is 4.39 Å². The summed E-state index contributed by atoms with van der Waals surface area (Å²) in [5, 5.41) is 0. The lowest BCUT2D eigenvalue weighted by atomic mass is 10.1. The van der Waals surface area contributed by atoms with Crippen molar-refractivity contribution in [3.05, 3.63) is 30.1 Å². The molecule has 1 heterocycles. The van der Waals surface area contributed by atoms with Gasteiger partial charge in [0.2, 0.25) is 0 Å². The summed E-state index contributed by atoms with van der Waals surface area (Å²) < 4.78 is 23.9. The summed E-state index contributed by atoms with van der Waals surface area (Å²) in [5.74, 6) is 0.144. The van der Waals surface area contributed by atoms with Gasteiger partial charge in [0.15, 0.2) is 6.61 Å². The first-order valence-electron chi connectivity index (χ1n) is 7.36. The molecule has 21 heavy (non-hydrogen) atoms. The molecule has 4 nitrogen and oxygen atoms in total. The molecule has 0 aromatic heterocycles. The first-order valence-corrected chi connectivity index (χ1v) is 7.36. The van der Waals surface area contributed by atoms with Crippen LogP contribution in [-0.2, 0) is 9.53 Å². The number of piperidine rings is 1. The minimum Gasteiger partial charge on any atom is -0.484 e. The van der Waals surface area contributed by atoms with Gasteiger partial charge in [0.25, 0.3) is 5.91 Å². The number of likely N-dealkylation sites (tertiary alicyclic amines) is 1. The van der Waals surface area contributed by atoms with Gasteiger partial charge in [0, 0.05) is 13.1 Å². The van der Waals surface area contributed by atoms with Crippen molar-refractivity contribution >= 4 is 5.91 Å². The number of hydrogen-bond donors (Lipinski definition) is 0. The zero-order valence-electron chi connectivity index (χ0n) is 12.5.